The van der Waals surface area contributed by atoms with E-state index in [0.717, 1.165) is 10.5 Å². The van der Waals surface area contributed by atoms with Crippen molar-refractivity contribution in [2.75, 3.05) is 39.5 Å². The highest BCUT2D eigenvalue weighted by atomic mass is 79.9. The molecule has 1 aromatic carbocycles. The number of hydrogen-bond donors (Lipinski definition) is 6. The van der Waals surface area contributed by atoms with Crippen LogP contribution in [-0.4, -0.2) is 131 Å². The smallest absolute Gasteiger partial charge is 0.306 e. The Morgan fingerprint density at radius 1 is 0.886 bits per heavy atom. The summed E-state index contributed by atoms with van der Waals surface area (Å²) in [5, 5.41) is 24.3. The first-order valence-corrected chi connectivity index (χ1v) is 25.0. The topological polar surface area (TPSA) is 273 Å². The summed E-state index contributed by atoms with van der Waals surface area (Å²) in [5.74, 6) is -7.13. The zero-order valence-electron chi connectivity index (χ0n) is 39.1. The molecule has 4 aliphatic carbocycles. The zero-order valence-corrected chi connectivity index (χ0v) is 43.1. The summed E-state index contributed by atoms with van der Waals surface area (Å²) < 4.78 is 12.0. The molecule has 7 amide bonds. The summed E-state index contributed by atoms with van der Waals surface area (Å²) in [6.45, 7) is 4.36. The molecule has 0 unspecified atom stereocenters. The average Bonchev–Trinajstić information content (AvgIpc) is 3.66. The van der Waals surface area contributed by atoms with Gasteiger partial charge < -0.3 is 41.2 Å². The number of ether oxygens (including phenoxy) is 2. The number of carbonyl (C=O) groups excluding carboxylic acids is 10. The van der Waals surface area contributed by atoms with E-state index < -0.39 is 125 Å². The molecule has 70 heavy (non-hydrogen) atoms. The number of Topliss-reactive ketones (excluding diaryl/α,β-unsaturated/α-hetero) is 1. The van der Waals surface area contributed by atoms with Gasteiger partial charge in [-0.25, -0.2) is 0 Å². The summed E-state index contributed by atoms with van der Waals surface area (Å²) in [4.78, 5) is 128. The highest BCUT2D eigenvalue weighted by Gasteiger charge is 2.76. The fraction of sp³-hybridized carbons (Fsp3) is 0.542. The van der Waals surface area contributed by atoms with Crippen LogP contribution in [0.1, 0.15) is 71.8 Å². The largest absolute Gasteiger partial charge is 0.450 e. The predicted molar refractivity (Wildman–Crippen MR) is 258 cm³/mol. The predicted octanol–water partition coefficient (Wildman–Crippen LogP) is 2.06. The second kappa shape index (κ2) is 22.1. The minimum atomic E-state index is -1.71. The number of aliphatic hydroxyl groups is 1. The Bertz CT molecular complexity index is 2410. The Morgan fingerprint density at radius 2 is 1.51 bits per heavy atom. The molecule has 3 fully saturated rings. The van der Waals surface area contributed by atoms with Gasteiger partial charge >= 0.3 is 5.97 Å². The van der Waals surface area contributed by atoms with Gasteiger partial charge in [-0.3, -0.25) is 52.8 Å². The Kier molecular flexibility index (Phi) is 17.1. The molecular weight excluding hydrogens is 1060 g/mol. The summed E-state index contributed by atoms with van der Waals surface area (Å²) in [7, 11) is 0. The Morgan fingerprint density at radius 3 is 2.19 bits per heavy atom. The van der Waals surface area contributed by atoms with Crippen molar-refractivity contribution in [3.63, 3.8) is 0 Å². The molecule has 1 aliphatic heterocycles. The van der Waals surface area contributed by atoms with Crippen molar-refractivity contribution >= 4 is 102 Å². The molecule has 0 radical (unpaired) electrons. The molecule has 6 N–H and O–H groups in total. The molecule has 6 rings (SSSR count). The number of amides is 7. The minimum absolute atomic E-state index is 0.0112. The van der Waals surface area contributed by atoms with Crippen LogP contribution >= 0.6 is 43.5 Å². The van der Waals surface area contributed by atoms with E-state index >= 15 is 0 Å². The first-order valence-electron chi connectivity index (χ1n) is 23.0. The number of ketones is 2. The number of hydrogen-bond acceptors (Lipinski definition) is 13. The van der Waals surface area contributed by atoms with E-state index in [2.05, 4.69) is 58.4 Å². The van der Waals surface area contributed by atoms with Crippen molar-refractivity contribution in [2.24, 2.45) is 28.6 Å². The number of esters is 1. The fourth-order valence-corrected chi connectivity index (χ4v) is 12.4. The maximum absolute atomic E-state index is 14.5. The van der Waals surface area contributed by atoms with E-state index in [9.17, 15) is 53.1 Å². The summed E-state index contributed by atoms with van der Waals surface area (Å²) >= 11 is 13.6. The van der Waals surface area contributed by atoms with Crippen LogP contribution < -0.4 is 26.6 Å². The van der Waals surface area contributed by atoms with E-state index in [0.29, 0.717) is 24.8 Å². The lowest BCUT2D eigenvalue weighted by Crippen LogP contribution is -2.69. The monoisotopic (exact) mass is 1120 g/mol. The minimum Gasteiger partial charge on any atom is -0.450 e. The molecule has 3 saturated carbocycles. The van der Waals surface area contributed by atoms with Crippen LogP contribution in [0.5, 0.6) is 0 Å². The normalized spacial score (nSPS) is 29.2. The summed E-state index contributed by atoms with van der Waals surface area (Å²) in [6.07, 6.45) is 5.04. The number of nitrogens with zero attached hydrogens (tertiary/aromatic N) is 1. The third kappa shape index (κ3) is 10.6. The highest BCUT2D eigenvalue weighted by Crippen LogP contribution is 2.72. The quantitative estimate of drug-likeness (QED) is 0.0360. The standard InChI is InChI=1S/C48H57Br2ClN6O13/c1-5-39(65)70-48(26(2)17-31-30-12-11-28-19-29(58)13-15-45(28,3)47(30,51)33(59)20-46(31,48)4)34(60)24-69-25-55-37(63)22-54-42(66)32(18-27-9-7-6-8-10-27)56-38(64)23-53-36(62)21-52-35(61)14-16-57-43(67)40(49)41(50)44(57)68/h6-10,13,15,19,26,30-33,59H,5,11-12,14,16-18,20-25H2,1-4H3,(H,52,61)(H,53,62)(H,54,66)(H,55,63)(H,56,64)/t26-,30+,31+,32+,33+,45+,46+,47+,48+/m1/s1. The van der Waals surface area contributed by atoms with Crippen LogP contribution in [-0.2, 0) is 63.8 Å². The van der Waals surface area contributed by atoms with Crippen LogP contribution in [0.2, 0.25) is 0 Å². The number of rotatable bonds is 20. The Balaban J connectivity index is 0.996. The molecule has 1 heterocycles. The lowest BCUT2D eigenvalue weighted by atomic mass is 9.45. The van der Waals surface area contributed by atoms with E-state index in [1.807, 2.05) is 20.8 Å². The number of halogens is 3. The van der Waals surface area contributed by atoms with Crippen LogP contribution in [0.25, 0.3) is 0 Å². The molecule has 1 aromatic rings. The molecule has 0 bridgehead atoms. The first kappa shape index (κ1) is 54.2. The number of alkyl halides is 1. The average molecular weight is 1120 g/mol. The van der Waals surface area contributed by atoms with E-state index in [4.69, 9.17) is 21.1 Å². The molecule has 378 valence electrons. The van der Waals surface area contributed by atoms with Crippen LogP contribution in [0.4, 0.5) is 0 Å². The lowest BCUT2D eigenvalue weighted by molar-refractivity contribution is -0.203. The van der Waals surface area contributed by atoms with Gasteiger partial charge in [-0.2, -0.15) is 0 Å². The molecule has 0 saturated heterocycles. The van der Waals surface area contributed by atoms with Crippen LogP contribution in [0.3, 0.4) is 0 Å². The number of imide groups is 1. The maximum atomic E-state index is 14.5. The van der Waals surface area contributed by atoms with Gasteiger partial charge in [0.25, 0.3) is 11.8 Å². The van der Waals surface area contributed by atoms with E-state index in [-0.39, 0.29) is 58.8 Å². The van der Waals surface area contributed by atoms with Crippen LogP contribution in [0, 0.1) is 28.6 Å². The Labute approximate surface area is 426 Å². The molecule has 9 atom stereocenters. The van der Waals surface area contributed by atoms with E-state index in [1.165, 1.54) is 6.08 Å². The second-order valence-electron chi connectivity index (χ2n) is 18.7. The van der Waals surface area contributed by atoms with Gasteiger partial charge in [-0.1, -0.05) is 69.7 Å². The number of allylic oxidation sites excluding steroid dienone is 4. The summed E-state index contributed by atoms with van der Waals surface area (Å²) in [6, 6.07) is 7.51. The molecular formula is C48H57Br2ClN6O13. The van der Waals surface area contributed by atoms with Gasteiger partial charge in [0, 0.05) is 42.6 Å². The van der Waals surface area contributed by atoms with Crippen LogP contribution in [0.15, 0.2) is 63.1 Å². The molecule has 19 nitrogen and oxygen atoms in total. The molecule has 0 spiro atoms. The lowest BCUT2D eigenvalue weighted by Gasteiger charge is -2.64. The first-order chi connectivity index (χ1) is 33.0. The van der Waals surface area contributed by atoms with E-state index in [1.54, 1.807) is 49.4 Å². The van der Waals surface area contributed by atoms with Crippen molar-refractivity contribution in [3.05, 3.63) is 68.7 Å². The number of nitrogens with one attached hydrogen (secondary N) is 5. The fourth-order valence-electron chi connectivity index (χ4n) is 11.1. The number of fused-ring (bicyclic) bond motifs is 5. The van der Waals surface area contributed by atoms with Crippen molar-refractivity contribution in [1.29, 1.82) is 0 Å². The van der Waals surface area contributed by atoms with Crippen molar-refractivity contribution in [3.8, 4) is 0 Å². The number of carbonyl (C=O) groups is 10. The van der Waals surface area contributed by atoms with Gasteiger partial charge in [-0.15, -0.1) is 11.6 Å². The molecule has 0 aromatic heterocycles. The van der Waals surface area contributed by atoms with Crippen molar-refractivity contribution < 1.29 is 62.5 Å². The second-order valence-corrected chi connectivity index (χ2v) is 20.9. The maximum Gasteiger partial charge on any atom is 0.306 e. The summed E-state index contributed by atoms with van der Waals surface area (Å²) in [5.41, 5.74) is -2.07. The molecule has 22 heteroatoms. The third-order valence-corrected chi connectivity index (χ3v) is 17.6. The van der Waals surface area contributed by atoms with Gasteiger partial charge in [0.15, 0.2) is 11.4 Å². The van der Waals surface area contributed by atoms with Gasteiger partial charge in [-0.05, 0) is 87.1 Å². The number of benzene rings is 1. The third-order valence-electron chi connectivity index (χ3n) is 14.6. The molecule has 5 aliphatic rings. The van der Waals surface area contributed by atoms with Gasteiger partial charge in [0.2, 0.25) is 35.3 Å². The van der Waals surface area contributed by atoms with Gasteiger partial charge in [0.05, 0.1) is 30.6 Å². The van der Waals surface area contributed by atoms with Crippen molar-refractivity contribution in [2.45, 2.75) is 95.3 Å². The van der Waals surface area contributed by atoms with Crippen molar-refractivity contribution in [1.82, 2.24) is 31.5 Å². The zero-order chi connectivity index (χ0) is 51.3. The highest BCUT2D eigenvalue weighted by molar-refractivity contribution is 9.14. The van der Waals surface area contributed by atoms with Gasteiger partial charge in [0.1, 0.15) is 28.3 Å². The SMILES string of the molecule is CCC(=O)O[C@]1(C(=O)COCNC(=O)CNC(=O)[C@H](Cc2ccccc2)NC(=O)CNC(=O)CNC(=O)CCN2C(=O)C(Br)=C(Br)C2=O)[C@H](C)C[C@H]2[C@@H]3CCC4=CC(=O)C=C[C@]4(C)[C@@]3(Cl)[C@@H](O)C[C@@]21C. The Hall–Kier alpha value is -5.09. The number of aliphatic hydroxyl groups excluding tert-OH is 1.